The largest absolute Gasteiger partial charge is 0.399 e. The van der Waals surface area contributed by atoms with E-state index >= 15 is 0 Å². The summed E-state index contributed by atoms with van der Waals surface area (Å²) in [5.41, 5.74) is 18.6. The van der Waals surface area contributed by atoms with Crippen LogP contribution in [0.3, 0.4) is 0 Å². The highest BCUT2D eigenvalue weighted by Crippen LogP contribution is 2.29. The van der Waals surface area contributed by atoms with Gasteiger partial charge in [-0.25, -0.2) is 19.7 Å². The van der Waals surface area contributed by atoms with Gasteiger partial charge >= 0.3 is 6.03 Å². The first-order valence-corrected chi connectivity index (χ1v) is 17.0. The maximum absolute atomic E-state index is 12.6. The molecule has 1 saturated heterocycles. The molecule has 8 rings (SSSR count). The van der Waals surface area contributed by atoms with Crippen molar-refractivity contribution >= 4 is 46.3 Å². The number of carbonyl (C=O) groups excluding carboxylic acids is 1. The van der Waals surface area contributed by atoms with E-state index in [4.69, 9.17) is 28.3 Å². The molecule has 1 atom stereocenters. The molecule has 3 aromatic heterocycles. The number of rotatable bonds is 4. The standard InChI is InChI=1S/C20H22N6O.C13H13N3.C5H5ClN2/c1-24(18-7-9-25(13-18)14-21)20(27)23-17-6-8-22-19(10-17)26-11-15-4-2-3-5-16(15)12-26;14-12-5-6-15-13(7-12)16-8-10-3-1-2-4-11(10)9-16;6-5-3-4(7)1-2-8-5/h2-6,8,10,18H,7,9,11-13H2,1H3,(H,22,23,27);1-7H,8-9H2,(H2,14,15);1-3H,(H2,7,8)/t18-;;/m1../s1. The Kier molecular flexibility index (Phi) is 11.0. The highest BCUT2D eigenvalue weighted by molar-refractivity contribution is 6.29. The number of nitrogens with one attached hydrogen (secondary N) is 1. The maximum Gasteiger partial charge on any atom is 0.321 e. The lowest BCUT2D eigenvalue weighted by Gasteiger charge is -2.24. The van der Waals surface area contributed by atoms with Crippen LogP contribution in [0.4, 0.5) is 33.5 Å². The van der Waals surface area contributed by atoms with Crippen LogP contribution in [0.5, 0.6) is 0 Å². The predicted octanol–water partition coefficient (Wildman–Crippen LogP) is 6.12. The number of carbonyl (C=O) groups is 1. The minimum Gasteiger partial charge on any atom is -0.399 e. The summed E-state index contributed by atoms with van der Waals surface area (Å²) in [4.78, 5) is 32.9. The second-order valence-electron chi connectivity index (χ2n) is 12.5. The van der Waals surface area contributed by atoms with Crippen LogP contribution < -0.4 is 26.6 Å². The third-order valence-electron chi connectivity index (χ3n) is 9.02. The molecule has 51 heavy (non-hydrogen) atoms. The monoisotopic (exact) mass is 701 g/mol. The Hall–Kier alpha value is -6.06. The first-order valence-electron chi connectivity index (χ1n) is 16.6. The van der Waals surface area contributed by atoms with Crippen LogP contribution in [0.1, 0.15) is 28.7 Å². The van der Waals surface area contributed by atoms with Crippen molar-refractivity contribution in [1.82, 2.24) is 24.8 Å². The first kappa shape index (κ1) is 34.8. The smallest absolute Gasteiger partial charge is 0.321 e. The molecule has 5 N–H and O–H groups in total. The zero-order valence-electron chi connectivity index (χ0n) is 28.4. The fourth-order valence-corrected chi connectivity index (χ4v) is 6.39. The van der Waals surface area contributed by atoms with Crippen molar-refractivity contribution in [3.8, 4) is 6.19 Å². The second-order valence-corrected chi connectivity index (χ2v) is 12.9. The minimum atomic E-state index is -0.165. The summed E-state index contributed by atoms with van der Waals surface area (Å²) in [7, 11) is 1.78. The van der Waals surface area contributed by atoms with Gasteiger partial charge in [0.2, 0.25) is 0 Å². The molecule has 2 amide bonds. The van der Waals surface area contributed by atoms with Crippen LogP contribution in [0.25, 0.3) is 0 Å². The summed E-state index contributed by atoms with van der Waals surface area (Å²) in [5, 5.41) is 12.4. The van der Waals surface area contributed by atoms with Crippen LogP contribution in [0.2, 0.25) is 5.15 Å². The second kappa shape index (κ2) is 16.1. The number of nitrogens with two attached hydrogens (primary N) is 2. The normalized spacial score (nSPS) is 15.4. The molecule has 2 aromatic carbocycles. The topological polar surface area (TPSA) is 157 Å². The van der Waals surface area contributed by atoms with E-state index in [0.717, 1.165) is 55.6 Å². The number of fused-ring (bicyclic) bond motifs is 2. The van der Waals surface area contributed by atoms with Gasteiger partial charge in [-0.15, -0.1) is 0 Å². The number of pyridine rings is 3. The van der Waals surface area contributed by atoms with Crippen molar-refractivity contribution in [2.75, 3.05) is 46.7 Å². The molecule has 5 aromatic rings. The van der Waals surface area contributed by atoms with Crippen LogP contribution in [0, 0.1) is 11.5 Å². The molecular weight excluding hydrogens is 662 g/mol. The molecule has 3 aliphatic heterocycles. The number of hydrogen-bond acceptors (Lipinski definition) is 10. The Morgan fingerprint density at radius 2 is 1.31 bits per heavy atom. The molecule has 1 fully saturated rings. The van der Waals surface area contributed by atoms with Gasteiger partial charge in [-0.1, -0.05) is 60.1 Å². The highest BCUT2D eigenvalue weighted by atomic mass is 35.5. The number of benzene rings is 2. The van der Waals surface area contributed by atoms with Crippen molar-refractivity contribution in [2.24, 2.45) is 0 Å². The number of nitrogens with zero attached hydrogens (tertiary/aromatic N) is 8. The molecule has 0 saturated carbocycles. The number of likely N-dealkylation sites (N-methyl/N-ethyl adjacent to an activating group) is 1. The lowest BCUT2D eigenvalue weighted by Crippen LogP contribution is -2.41. The Morgan fingerprint density at radius 1 is 0.804 bits per heavy atom. The lowest BCUT2D eigenvalue weighted by molar-refractivity contribution is 0.205. The number of urea groups is 1. The van der Waals surface area contributed by atoms with E-state index in [2.05, 4.69) is 84.8 Å². The zero-order valence-corrected chi connectivity index (χ0v) is 29.1. The van der Waals surface area contributed by atoms with Gasteiger partial charge in [0.05, 0.1) is 6.04 Å². The SMILES string of the molecule is CN(C(=O)Nc1ccnc(N2Cc3ccccc3C2)c1)[C@@H]1CCN(C#N)C1.Nc1ccnc(Cl)c1.Nc1ccnc(N2Cc3ccccc3C2)c1. The number of nitrogen functional groups attached to an aromatic ring is 2. The van der Waals surface area contributed by atoms with E-state index in [-0.39, 0.29) is 12.1 Å². The summed E-state index contributed by atoms with van der Waals surface area (Å²) >= 11 is 5.45. The average Bonchev–Trinajstić information content (AvgIpc) is 3.90. The Morgan fingerprint density at radius 3 is 1.78 bits per heavy atom. The average molecular weight is 702 g/mol. The van der Waals surface area contributed by atoms with Crippen LogP contribution in [-0.2, 0) is 26.2 Å². The number of hydrogen-bond donors (Lipinski definition) is 3. The molecular formula is C38H40ClN11O. The van der Waals surface area contributed by atoms with Gasteiger partial charge in [0.1, 0.15) is 16.8 Å². The molecule has 13 heteroatoms. The van der Waals surface area contributed by atoms with E-state index in [0.29, 0.717) is 23.9 Å². The third-order valence-corrected chi connectivity index (χ3v) is 9.23. The van der Waals surface area contributed by atoms with Crippen LogP contribution >= 0.6 is 11.6 Å². The summed E-state index contributed by atoms with van der Waals surface area (Å²) < 4.78 is 0. The maximum atomic E-state index is 12.6. The zero-order chi connectivity index (χ0) is 35.7. The summed E-state index contributed by atoms with van der Waals surface area (Å²) in [6.45, 7) is 4.79. The van der Waals surface area contributed by atoms with E-state index in [1.165, 1.54) is 22.3 Å². The number of likely N-dealkylation sites (tertiary alicyclic amines) is 1. The summed E-state index contributed by atoms with van der Waals surface area (Å²) in [6.07, 6.45) is 8.00. The Bertz CT molecular complexity index is 1950. The number of amides is 2. The molecule has 0 radical (unpaired) electrons. The molecule has 3 aliphatic rings. The highest BCUT2D eigenvalue weighted by Gasteiger charge is 2.28. The lowest BCUT2D eigenvalue weighted by atomic mass is 10.1. The molecule has 0 bridgehead atoms. The van der Waals surface area contributed by atoms with Gasteiger partial charge in [-0.2, -0.15) is 5.26 Å². The van der Waals surface area contributed by atoms with Gasteiger partial charge < -0.3 is 36.4 Å². The van der Waals surface area contributed by atoms with E-state index in [9.17, 15) is 4.79 Å². The van der Waals surface area contributed by atoms with Crippen molar-refractivity contribution < 1.29 is 4.79 Å². The fraction of sp³-hybridized carbons (Fsp3) is 0.237. The minimum absolute atomic E-state index is 0.0547. The van der Waals surface area contributed by atoms with Gasteiger partial charge in [0.15, 0.2) is 6.19 Å². The summed E-state index contributed by atoms with van der Waals surface area (Å²) in [6, 6.07) is 27.5. The van der Waals surface area contributed by atoms with E-state index in [1.54, 1.807) is 53.6 Å². The Balaban J connectivity index is 0.000000156. The molecule has 260 valence electrons. The van der Waals surface area contributed by atoms with Crippen LogP contribution in [-0.4, -0.2) is 57.0 Å². The van der Waals surface area contributed by atoms with Gasteiger partial charge in [-0.3, -0.25) is 0 Å². The van der Waals surface area contributed by atoms with Crippen molar-refractivity contribution in [1.29, 1.82) is 5.26 Å². The first-order chi connectivity index (χ1) is 24.7. The number of aromatic nitrogens is 3. The Labute approximate surface area is 302 Å². The molecule has 6 heterocycles. The fourth-order valence-electron chi connectivity index (χ4n) is 6.21. The molecule has 12 nitrogen and oxygen atoms in total. The van der Waals surface area contributed by atoms with Crippen molar-refractivity contribution in [3.05, 3.63) is 131 Å². The molecule has 0 aliphatic carbocycles. The van der Waals surface area contributed by atoms with Gasteiger partial charge in [0.25, 0.3) is 0 Å². The number of halogens is 1. The number of anilines is 5. The third kappa shape index (κ3) is 8.95. The number of nitriles is 1. The van der Waals surface area contributed by atoms with Crippen molar-refractivity contribution in [2.45, 2.75) is 38.6 Å². The van der Waals surface area contributed by atoms with E-state index in [1.807, 2.05) is 18.2 Å². The van der Waals surface area contributed by atoms with Crippen LogP contribution in [0.15, 0.2) is 104 Å². The van der Waals surface area contributed by atoms with Gasteiger partial charge in [0, 0.05) is 94.1 Å². The molecule has 0 unspecified atom stereocenters. The predicted molar refractivity (Wildman–Crippen MR) is 202 cm³/mol. The molecule has 0 spiro atoms. The van der Waals surface area contributed by atoms with Crippen molar-refractivity contribution in [3.63, 3.8) is 0 Å². The van der Waals surface area contributed by atoms with Gasteiger partial charge in [-0.05, 0) is 52.9 Å². The quantitative estimate of drug-likeness (QED) is 0.147. The summed E-state index contributed by atoms with van der Waals surface area (Å²) in [5.74, 6) is 1.80. The van der Waals surface area contributed by atoms with E-state index < -0.39 is 0 Å².